The molecule has 0 saturated carbocycles. The van der Waals surface area contributed by atoms with Gasteiger partial charge in [0.2, 0.25) is 16.9 Å². The number of carbonyl (C=O) groups excluding carboxylic acids is 2. The normalized spacial score (nSPS) is 17.2. The number of aromatic nitrogens is 2. The minimum absolute atomic E-state index is 0.0163. The van der Waals surface area contributed by atoms with E-state index >= 15 is 0 Å². The standard InChI is InChI=1S/C18H22N4O2S/c1-4-5-15(23)19-18-21-20-17(25-18)13-9-16(24)22(10-13)14-7-11(2)6-12(3)8-14/h6-8,13H,4-5,9-10H2,1-3H3,(H,19,21,23)/t13-/m0/s1. The third-order valence-electron chi connectivity index (χ3n) is 4.16. The molecule has 0 bridgehead atoms. The van der Waals surface area contributed by atoms with E-state index < -0.39 is 0 Å². The van der Waals surface area contributed by atoms with E-state index in [1.54, 1.807) is 0 Å². The SMILES string of the molecule is CCCC(=O)Nc1nnc([C@H]2CC(=O)N(c3cc(C)cc(C)c3)C2)s1. The molecule has 1 saturated heterocycles. The molecule has 2 heterocycles. The zero-order chi connectivity index (χ0) is 18.0. The Hall–Kier alpha value is -2.28. The first-order valence-corrected chi connectivity index (χ1v) is 9.30. The Morgan fingerprint density at radius 2 is 2.00 bits per heavy atom. The summed E-state index contributed by atoms with van der Waals surface area (Å²) in [5.41, 5.74) is 3.22. The molecule has 0 radical (unpaired) electrons. The van der Waals surface area contributed by atoms with E-state index in [0.717, 1.165) is 28.2 Å². The molecule has 0 unspecified atom stereocenters. The fourth-order valence-corrected chi connectivity index (χ4v) is 3.94. The summed E-state index contributed by atoms with van der Waals surface area (Å²) in [5, 5.41) is 12.3. The highest BCUT2D eigenvalue weighted by molar-refractivity contribution is 7.15. The molecule has 0 spiro atoms. The Morgan fingerprint density at radius 3 is 2.68 bits per heavy atom. The molecule has 1 aromatic carbocycles. The first kappa shape index (κ1) is 17.5. The van der Waals surface area contributed by atoms with Crippen LogP contribution in [-0.4, -0.2) is 28.6 Å². The fourth-order valence-electron chi connectivity index (χ4n) is 3.09. The summed E-state index contributed by atoms with van der Waals surface area (Å²) >= 11 is 1.36. The second kappa shape index (κ2) is 7.31. The smallest absolute Gasteiger partial charge is 0.227 e. The largest absolute Gasteiger partial charge is 0.312 e. The second-order valence-corrected chi connectivity index (χ2v) is 7.50. The van der Waals surface area contributed by atoms with Crippen LogP contribution in [0.25, 0.3) is 0 Å². The van der Waals surface area contributed by atoms with Crippen LogP contribution in [0.3, 0.4) is 0 Å². The summed E-state index contributed by atoms with van der Waals surface area (Å²) in [6.45, 7) is 6.62. The van der Waals surface area contributed by atoms with Crippen molar-refractivity contribution in [3.8, 4) is 0 Å². The molecular weight excluding hydrogens is 336 g/mol. The highest BCUT2D eigenvalue weighted by atomic mass is 32.1. The Balaban J connectivity index is 1.72. The van der Waals surface area contributed by atoms with Gasteiger partial charge in [-0.1, -0.05) is 24.3 Å². The summed E-state index contributed by atoms with van der Waals surface area (Å²) in [4.78, 5) is 25.9. The van der Waals surface area contributed by atoms with Crippen molar-refractivity contribution in [2.75, 3.05) is 16.8 Å². The van der Waals surface area contributed by atoms with Crippen molar-refractivity contribution in [1.82, 2.24) is 10.2 Å². The third-order valence-corrected chi connectivity index (χ3v) is 5.16. The van der Waals surface area contributed by atoms with E-state index in [9.17, 15) is 9.59 Å². The lowest BCUT2D eigenvalue weighted by atomic mass is 10.1. The maximum atomic E-state index is 12.5. The molecule has 1 atom stereocenters. The first-order valence-electron chi connectivity index (χ1n) is 8.48. The zero-order valence-electron chi connectivity index (χ0n) is 14.7. The third kappa shape index (κ3) is 4.04. The highest BCUT2D eigenvalue weighted by Crippen LogP contribution is 2.34. The number of hydrogen-bond donors (Lipinski definition) is 1. The number of hydrogen-bond acceptors (Lipinski definition) is 5. The van der Waals surface area contributed by atoms with E-state index in [1.165, 1.54) is 11.3 Å². The molecule has 1 fully saturated rings. The molecule has 3 rings (SSSR count). The Bertz CT molecular complexity index is 782. The number of nitrogens with one attached hydrogen (secondary N) is 1. The number of rotatable bonds is 5. The highest BCUT2D eigenvalue weighted by Gasteiger charge is 2.34. The molecule has 132 valence electrons. The van der Waals surface area contributed by atoms with Gasteiger partial charge in [-0.05, 0) is 43.5 Å². The Kier molecular flexibility index (Phi) is 5.13. The van der Waals surface area contributed by atoms with Crippen molar-refractivity contribution in [3.63, 3.8) is 0 Å². The number of nitrogens with zero attached hydrogens (tertiary/aromatic N) is 3. The van der Waals surface area contributed by atoms with E-state index in [1.807, 2.05) is 37.8 Å². The van der Waals surface area contributed by atoms with Gasteiger partial charge in [0.15, 0.2) is 0 Å². The van der Waals surface area contributed by atoms with Crippen LogP contribution in [0.15, 0.2) is 18.2 Å². The van der Waals surface area contributed by atoms with Gasteiger partial charge >= 0.3 is 0 Å². The van der Waals surface area contributed by atoms with E-state index in [2.05, 4.69) is 21.6 Å². The molecule has 7 heteroatoms. The van der Waals surface area contributed by atoms with E-state index in [0.29, 0.717) is 24.5 Å². The molecular formula is C18H22N4O2S. The number of amides is 2. The van der Waals surface area contributed by atoms with Crippen LogP contribution in [-0.2, 0) is 9.59 Å². The van der Waals surface area contributed by atoms with Crippen molar-refractivity contribution in [1.29, 1.82) is 0 Å². The van der Waals surface area contributed by atoms with Crippen LogP contribution < -0.4 is 10.2 Å². The molecule has 0 aliphatic carbocycles. The van der Waals surface area contributed by atoms with Crippen molar-refractivity contribution >= 4 is 34.0 Å². The van der Waals surface area contributed by atoms with Gasteiger partial charge in [-0.3, -0.25) is 9.59 Å². The lowest BCUT2D eigenvalue weighted by molar-refractivity contribution is -0.117. The lowest BCUT2D eigenvalue weighted by Crippen LogP contribution is -2.24. The molecule has 1 N–H and O–H groups in total. The summed E-state index contributed by atoms with van der Waals surface area (Å²) in [6.07, 6.45) is 1.68. The van der Waals surface area contributed by atoms with Gasteiger partial charge in [-0.2, -0.15) is 0 Å². The molecule has 1 aliphatic heterocycles. The molecule has 1 aromatic heterocycles. The van der Waals surface area contributed by atoms with Gasteiger partial charge in [0, 0.05) is 31.0 Å². The molecule has 2 aromatic rings. The average Bonchev–Trinajstić information content (AvgIpc) is 3.13. The summed E-state index contributed by atoms with van der Waals surface area (Å²) in [6, 6.07) is 6.16. The van der Waals surface area contributed by atoms with Crippen LogP contribution in [0.2, 0.25) is 0 Å². The quantitative estimate of drug-likeness (QED) is 0.889. The topological polar surface area (TPSA) is 75.2 Å². The Morgan fingerprint density at radius 1 is 1.28 bits per heavy atom. The maximum Gasteiger partial charge on any atom is 0.227 e. The van der Waals surface area contributed by atoms with Gasteiger partial charge < -0.3 is 10.2 Å². The zero-order valence-corrected chi connectivity index (χ0v) is 15.5. The minimum atomic E-state index is -0.0513. The van der Waals surface area contributed by atoms with Crippen LogP contribution in [0.1, 0.15) is 48.2 Å². The number of aryl methyl sites for hydroxylation is 2. The van der Waals surface area contributed by atoms with Gasteiger partial charge in [-0.25, -0.2) is 0 Å². The molecule has 2 amide bonds. The average molecular weight is 358 g/mol. The number of anilines is 2. The number of carbonyl (C=O) groups is 2. The minimum Gasteiger partial charge on any atom is -0.312 e. The van der Waals surface area contributed by atoms with Crippen molar-refractivity contribution in [2.45, 2.75) is 46.0 Å². The van der Waals surface area contributed by atoms with E-state index in [4.69, 9.17) is 0 Å². The molecule has 6 nitrogen and oxygen atoms in total. The summed E-state index contributed by atoms with van der Waals surface area (Å²) < 4.78 is 0. The van der Waals surface area contributed by atoms with Gasteiger partial charge in [0.1, 0.15) is 5.01 Å². The summed E-state index contributed by atoms with van der Waals surface area (Å²) in [5.74, 6) is 0.0639. The van der Waals surface area contributed by atoms with Gasteiger partial charge in [0.25, 0.3) is 0 Å². The Labute approximate surface area is 151 Å². The predicted octanol–water partition coefficient (Wildman–Crippen LogP) is 3.41. The van der Waals surface area contributed by atoms with Crippen LogP contribution in [0.4, 0.5) is 10.8 Å². The maximum absolute atomic E-state index is 12.5. The predicted molar refractivity (Wildman–Crippen MR) is 99.1 cm³/mol. The van der Waals surface area contributed by atoms with Gasteiger partial charge in [-0.15, -0.1) is 10.2 Å². The van der Waals surface area contributed by atoms with Crippen molar-refractivity contribution in [2.24, 2.45) is 0 Å². The second-order valence-electron chi connectivity index (χ2n) is 6.49. The molecule has 25 heavy (non-hydrogen) atoms. The monoisotopic (exact) mass is 358 g/mol. The van der Waals surface area contributed by atoms with Gasteiger partial charge in [0.05, 0.1) is 0 Å². The van der Waals surface area contributed by atoms with Crippen molar-refractivity contribution < 1.29 is 9.59 Å². The fraction of sp³-hybridized carbons (Fsp3) is 0.444. The van der Waals surface area contributed by atoms with Crippen molar-refractivity contribution in [3.05, 3.63) is 34.3 Å². The van der Waals surface area contributed by atoms with Crippen LogP contribution >= 0.6 is 11.3 Å². The lowest BCUT2D eigenvalue weighted by Gasteiger charge is -2.17. The van der Waals surface area contributed by atoms with Crippen LogP contribution in [0.5, 0.6) is 0 Å². The van der Waals surface area contributed by atoms with E-state index in [-0.39, 0.29) is 17.7 Å². The molecule has 1 aliphatic rings. The summed E-state index contributed by atoms with van der Waals surface area (Å²) in [7, 11) is 0. The first-order chi connectivity index (χ1) is 12.0. The van der Waals surface area contributed by atoms with Crippen LogP contribution in [0, 0.1) is 13.8 Å². The number of benzene rings is 1.